The van der Waals surface area contributed by atoms with Crippen molar-refractivity contribution in [2.24, 2.45) is 0 Å². The molecule has 0 N–H and O–H groups in total. The maximum atomic E-state index is 12.9. The lowest BCUT2D eigenvalue weighted by molar-refractivity contribution is -0.132. The first-order valence-electron chi connectivity index (χ1n) is 10.8. The number of nitrogens with zero attached hydrogens (tertiary/aromatic N) is 5. The van der Waals surface area contributed by atoms with Crippen LogP contribution in [0.2, 0.25) is 0 Å². The van der Waals surface area contributed by atoms with Crippen molar-refractivity contribution in [3.8, 4) is 12.1 Å². The fraction of sp³-hybridized carbons (Fsp3) is 0.609. The molecule has 0 spiro atoms. The molecule has 0 aliphatic carbocycles. The van der Waals surface area contributed by atoms with Crippen molar-refractivity contribution >= 4 is 5.91 Å². The summed E-state index contributed by atoms with van der Waals surface area (Å²) in [6, 6.07) is 15.8. The summed E-state index contributed by atoms with van der Waals surface area (Å²) in [4.78, 5) is 19.5. The summed E-state index contributed by atoms with van der Waals surface area (Å²) in [7, 11) is 0. The molecular weight excluding hydrogens is 362 g/mol. The minimum absolute atomic E-state index is 0.0509. The van der Waals surface area contributed by atoms with Gasteiger partial charge in [-0.3, -0.25) is 14.6 Å². The summed E-state index contributed by atoms with van der Waals surface area (Å²) in [6.07, 6.45) is 5.30. The summed E-state index contributed by atoms with van der Waals surface area (Å²) in [5, 5.41) is 17.7. The second-order valence-electron chi connectivity index (χ2n) is 8.04. The zero-order valence-corrected chi connectivity index (χ0v) is 17.2. The number of likely N-dealkylation sites (tertiary alicyclic amines) is 2. The second kappa shape index (κ2) is 11.0. The van der Waals surface area contributed by atoms with Crippen LogP contribution in [-0.2, 0) is 11.3 Å². The molecule has 0 saturated carbocycles. The van der Waals surface area contributed by atoms with Gasteiger partial charge in [-0.2, -0.15) is 10.5 Å². The predicted molar refractivity (Wildman–Crippen MR) is 112 cm³/mol. The molecule has 2 aliphatic rings. The summed E-state index contributed by atoms with van der Waals surface area (Å²) >= 11 is 0. The van der Waals surface area contributed by atoms with Crippen LogP contribution in [0.5, 0.6) is 0 Å². The normalized spacial score (nSPS) is 22.3. The van der Waals surface area contributed by atoms with Crippen LogP contribution in [-0.4, -0.2) is 65.4 Å². The molecule has 1 aromatic rings. The van der Waals surface area contributed by atoms with Crippen molar-refractivity contribution in [3.63, 3.8) is 0 Å². The Bertz CT molecular complexity index is 720. The first-order valence-corrected chi connectivity index (χ1v) is 10.8. The van der Waals surface area contributed by atoms with Gasteiger partial charge in [-0.25, -0.2) is 0 Å². The number of hydrogen-bond donors (Lipinski definition) is 0. The number of carbonyl (C=O) groups is 1. The molecular formula is C23H31N5O. The van der Waals surface area contributed by atoms with Gasteiger partial charge < -0.3 is 4.90 Å². The van der Waals surface area contributed by atoms with E-state index in [4.69, 9.17) is 10.5 Å². The van der Waals surface area contributed by atoms with E-state index in [2.05, 4.69) is 52.3 Å². The molecule has 6 heteroatoms. The Hall–Kier alpha value is -2.41. The Kier molecular flexibility index (Phi) is 8.04. The fourth-order valence-corrected chi connectivity index (χ4v) is 4.79. The van der Waals surface area contributed by atoms with E-state index in [1.165, 1.54) is 18.4 Å². The van der Waals surface area contributed by atoms with E-state index < -0.39 is 0 Å². The zero-order chi connectivity index (χ0) is 20.5. The van der Waals surface area contributed by atoms with Gasteiger partial charge in [0.05, 0.1) is 31.5 Å². The molecule has 29 heavy (non-hydrogen) atoms. The van der Waals surface area contributed by atoms with Crippen LogP contribution >= 0.6 is 0 Å². The second-order valence-corrected chi connectivity index (χ2v) is 8.04. The van der Waals surface area contributed by atoms with Crippen molar-refractivity contribution in [2.45, 2.75) is 57.2 Å². The van der Waals surface area contributed by atoms with Gasteiger partial charge in [0.25, 0.3) is 0 Å². The topological polar surface area (TPSA) is 74.4 Å². The summed E-state index contributed by atoms with van der Waals surface area (Å²) < 4.78 is 0. The highest BCUT2D eigenvalue weighted by molar-refractivity contribution is 5.78. The molecule has 154 valence electrons. The van der Waals surface area contributed by atoms with Crippen LogP contribution in [0, 0.1) is 22.7 Å². The molecule has 0 radical (unpaired) electrons. The Morgan fingerprint density at radius 3 is 2.17 bits per heavy atom. The van der Waals surface area contributed by atoms with E-state index in [1.54, 1.807) is 4.90 Å². The minimum atomic E-state index is 0.0509. The van der Waals surface area contributed by atoms with Gasteiger partial charge in [-0.05, 0) is 44.3 Å². The van der Waals surface area contributed by atoms with E-state index in [9.17, 15) is 4.79 Å². The molecule has 1 aromatic carbocycles. The number of benzene rings is 1. The van der Waals surface area contributed by atoms with Crippen LogP contribution in [0.25, 0.3) is 0 Å². The maximum absolute atomic E-state index is 12.9. The molecule has 2 atom stereocenters. The lowest BCUT2D eigenvalue weighted by atomic mass is 10.0. The number of carbonyl (C=O) groups excluding carboxylic acids is 1. The van der Waals surface area contributed by atoms with E-state index >= 15 is 0 Å². The van der Waals surface area contributed by atoms with Gasteiger partial charge in [0.1, 0.15) is 0 Å². The number of nitriles is 2. The molecule has 6 nitrogen and oxygen atoms in total. The van der Waals surface area contributed by atoms with E-state index in [1.807, 2.05) is 0 Å². The molecule has 2 fully saturated rings. The predicted octanol–water partition coefficient (Wildman–Crippen LogP) is 2.77. The Labute approximate surface area is 174 Å². The average molecular weight is 394 g/mol. The van der Waals surface area contributed by atoms with E-state index in [0.29, 0.717) is 44.6 Å². The van der Waals surface area contributed by atoms with Crippen LogP contribution in [0.4, 0.5) is 0 Å². The highest BCUT2D eigenvalue weighted by Gasteiger charge is 2.38. The molecule has 2 unspecified atom stereocenters. The summed E-state index contributed by atoms with van der Waals surface area (Å²) in [5.74, 6) is 0.0509. The van der Waals surface area contributed by atoms with Gasteiger partial charge in [0, 0.05) is 31.7 Å². The third-order valence-electron chi connectivity index (χ3n) is 6.18. The van der Waals surface area contributed by atoms with Gasteiger partial charge in [0.2, 0.25) is 5.91 Å². The van der Waals surface area contributed by atoms with Crippen molar-refractivity contribution in [3.05, 3.63) is 35.9 Å². The van der Waals surface area contributed by atoms with Crippen molar-refractivity contribution in [1.29, 1.82) is 10.5 Å². The lowest BCUT2D eigenvalue weighted by Crippen LogP contribution is -2.49. The summed E-state index contributed by atoms with van der Waals surface area (Å²) in [5.41, 5.74) is 1.35. The lowest BCUT2D eigenvalue weighted by Gasteiger charge is -2.35. The Morgan fingerprint density at radius 2 is 1.55 bits per heavy atom. The minimum Gasteiger partial charge on any atom is -0.340 e. The van der Waals surface area contributed by atoms with Crippen molar-refractivity contribution in [2.75, 3.05) is 32.7 Å². The van der Waals surface area contributed by atoms with Crippen LogP contribution in [0.3, 0.4) is 0 Å². The molecule has 1 amide bonds. The van der Waals surface area contributed by atoms with Gasteiger partial charge >= 0.3 is 0 Å². The van der Waals surface area contributed by atoms with E-state index in [-0.39, 0.29) is 5.91 Å². The average Bonchev–Trinajstić information content (AvgIpc) is 3.37. The van der Waals surface area contributed by atoms with Crippen LogP contribution in [0.1, 0.15) is 44.1 Å². The first kappa shape index (κ1) is 21.3. The largest absolute Gasteiger partial charge is 0.340 e. The quantitative estimate of drug-likeness (QED) is 0.645. The number of rotatable bonds is 9. The van der Waals surface area contributed by atoms with E-state index in [0.717, 1.165) is 32.5 Å². The molecule has 2 saturated heterocycles. The molecule has 2 heterocycles. The molecule has 3 rings (SSSR count). The van der Waals surface area contributed by atoms with Crippen molar-refractivity contribution in [1.82, 2.24) is 14.7 Å². The van der Waals surface area contributed by atoms with Gasteiger partial charge in [-0.15, -0.1) is 0 Å². The number of hydrogen-bond acceptors (Lipinski definition) is 5. The zero-order valence-electron chi connectivity index (χ0n) is 17.2. The van der Waals surface area contributed by atoms with Crippen LogP contribution in [0.15, 0.2) is 30.3 Å². The smallest absolute Gasteiger partial charge is 0.236 e. The standard InChI is InChI=1S/C23H31N5O/c24-12-6-16-26(17-7-13-25)23(29)19-28-15-5-11-22(28)21-10-4-14-27(21)18-20-8-2-1-3-9-20/h1-3,8-9,21-22H,4-7,10-11,14-19H2. The summed E-state index contributed by atoms with van der Waals surface area (Å²) in [6.45, 7) is 4.28. The SMILES string of the molecule is N#CCCN(CCC#N)C(=O)CN1CCCC1C1CCCN1Cc1ccccc1. The van der Waals surface area contributed by atoms with Gasteiger partial charge in [0.15, 0.2) is 0 Å². The highest BCUT2D eigenvalue weighted by Crippen LogP contribution is 2.31. The fourth-order valence-electron chi connectivity index (χ4n) is 4.79. The maximum Gasteiger partial charge on any atom is 0.236 e. The number of amides is 1. The Balaban J connectivity index is 1.61. The monoisotopic (exact) mass is 393 g/mol. The van der Waals surface area contributed by atoms with Gasteiger partial charge in [-0.1, -0.05) is 30.3 Å². The Morgan fingerprint density at radius 1 is 0.966 bits per heavy atom. The first-order chi connectivity index (χ1) is 14.2. The molecule has 0 aromatic heterocycles. The molecule has 0 bridgehead atoms. The molecule has 2 aliphatic heterocycles. The third-order valence-corrected chi connectivity index (χ3v) is 6.18. The van der Waals surface area contributed by atoms with Crippen LogP contribution < -0.4 is 0 Å². The third kappa shape index (κ3) is 5.79. The highest BCUT2D eigenvalue weighted by atomic mass is 16.2. The van der Waals surface area contributed by atoms with Crippen molar-refractivity contribution < 1.29 is 4.79 Å².